The highest BCUT2D eigenvalue weighted by Gasteiger charge is 2.20. The van der Waals surface area contributed by atoms with Crippen molar-refractivity contribution in [2.75, 3.05) is 13.7 Å². The maximum absolute atomic E-state index is 14.5. The van der Waals surface area contributed by atoms with Gasteiger partial charge in [-0.1, -0.05) is 35.9 Å². The summed E-state index contributed by atoms with van der Waals surface area (Å²) in [7, 11) is 1.47. The number of nitrogens with zero attached hydrogens (tertiary/aromatic N) is 4. The molecule has 2 heterocycles. The number of hydrogen-bond donors (Lipinski definition) is 1. The molecular weight excluding hydrogens is 461 g/mol. The second kappa shape index (κ2) is 10.0. The first-order chi connectivity index (χ1) is 16.4. The van der Waals surface area contributed by atoms with Gasteiger partial charge in [-0.3, -0.25) is 0 Å². The van der Waals surface area contributed by atoms with Gasteiger partial charge in [0.25, 0.3) is 0 Å². The molecule has 2 aromatic heterocycles. The predicted molar refractivity (Wildman–Crippen MR) is 126 cm³/mol. The third-order valence-corrected chi connectivity index (χ3v) is 5.63. The Hall–Kier alpha value is -3.72. The van der Waals surface area contributed by atoms with Gasteiger partial charge < -0.3 is 14.8 Å². The summed E-state index contributed by atoms with van der Waals surface area (Å²) in [4.78, 5) is 11.4. The molecule has 4 aromatic rings. The van der Waals surface area contributed by atoms with Crippen LogP contribution in [0.15, 0.2) is 48.5 Å². The number of amides is 1. The quantitative estimate of drug-likeness (QED) is 0.393. The molecule has 0 saturated heterocycles. The van der Waals surface area contributed by atoms with Crippen LogP contribution in [0.1, 0.15) is 29.5 Å². The molecular formula is C24H23ClFN5O3. The van der Waals surface area contributed by atoms with Crippen molar-refractivity contribution in [3.63, 3.8) is 0 Å². The first kappa shape index (κ1) is 23.4. The zero-order valence-electron chi connectivity index (χ0n) is 18.9. The van der Waals surface area contributed by atoms with E-state index in [0.717, 1.165) is 22.5 Å². The summed E-state index contributed by atoms with van der Waals surface area (Å²) in [5, 5.41) is 16.1. The van der Waals surface area contributed by atoms with Gasteiger partial charge in [0.05, 0.1) is 23.7 Å². The number of nitrogens with one attached hydrogen (secondary N) is 1. The van der Waals surface area contributed by atoms with Gasteiger partial charge in [0, 0.05) is 30.5 Å². The maximum atomic E-state index is 14.5. The molecule has 0 bridgehead atoms. The smallest absolute Gasteiger partial charge is 0.406 e. The Kier molecular flexibility index (Phi) is 6.93. The van der Waals surface area contributed by atoms with Gasteiger partial charge in [-0.15, -0.1) is 5.10 Å². The van der Waals surface area contributed by atoms with E-state index in [1.54, 1.807) is 35.0 Å². The number of aryl methyl sites for hydroxylation is 2. The lowest BCUT2D eigenvalue weighted by atomic mass is 10.1. The lowest BCUT2D eigenvalue weighted by Gasteiger charge is -2.20. The van der Waals surface area contributed by atoms with Crippen LogP contribution in [0.2, 0.25) is 5.15 Å². The van der Waals surface area contributed by atoms with E-state index < -0.39 is 18.0 Å². The lowest BCUT2D eigenvalue weighted by Crippen LogP contribution is -2.21. The number of carbonyl (C=O) groups is 1. The number of carbonyl (C=O) groups excluding carboxylic acids is 1. The molecule has 0 aliphatic heterocycles. The third kappa shape index (κ3) is 4.79. The van der Waals surface area contributed by atoms with E-state index in [1.807, 2.05) is 26.0 Å². The number of fused-ring (bicyclic) bond motifs is 1. The summed E-state index contributed by atoms with van der Waals surface area (Å²) in [6, 6.07) is 13.6. The van der Waals surface area contributed by atoms with Crippen molar-refractivity contribution in [1.82, 2.24) is 25.3 Å². The van der Waals surface area contributed by atoms with Crippen LogP contribution >= 0.6 is 11.6 Å². The van der Waals surface area contributed by atoms with Gasteiger partial charge in [-0.2, -0.15) is 10.2 Å². The van der Waals surface area contributed by atoms with Crippen molar-refractivity contribution in [3.05, 3.63) is 76.5 Å². The van der Waals surface area contributed by atoms with Crippen molar-refractivity contribution in [3.8, 4) is 11.4 Å². The van der Waals surface area contributed by atoms with Crippen LogP contribution in [-0.2, 0) is 4.74 Å². The molecule has 0 aliphatic carbocycles. The van der Waals surface area contributed by atoms with Crippen LogP contribution < -0.4 is 10.1 Å². The van der Waals surface area contributed by atoms with Gasteiger partial charge >= 0.3 is 6.09 Å². The molecule has 8 nitrogen and oxygen atoms in total. The highest BCUT2D eigenvalue weighted by atomic mass is 35.5. The fourth-order valence-electron chi connectivity index (χ4n) is 3.75. The van der Waals surface area contributed by atoms with E-state index in [4.69, 9.17) is 21.1 Å². The second-order valence-electron chi connectivity index (χ2n) is 7.60. The summed E-state index contributed by atoms with van der Waals surface area (Å²) >= 11 is 6.22. The van der Waals surface area contributed by atoms with Crippen LogP contribution in [0.25, 0.3) is 16.6 Å². The molecule has 0 spiro atoms. The molecule has 0 aliphatic rings. The minimum absolute atomic E-state index is 0.0554. The van der Waals surface area contributed by atoms with Crippen molar-refractivity contribution in [2.45, 2.75) is 26.4 Å². The molecule has 4 rings (SSSR count). The zero-order chi connectivity index (χ0) is 24.2. The van der Waals surface area contributed by atoms with Gasteiger partial charge in [-0.05, 0) is 32.0 Å². The van der Waals surface area contributed by atoms with E-state index >= 15 is 0 Å². The fourth-order valence-corrected chi connectivity index (χ4v) is 3.92. The van der Waals surface area contributed by atoms with Crippen LogP contribution in [-0.4, -0.2) is 39.7 Å². The number of hydrogen-bond acceptors (Lipinski definition) is 6. The molecule has 34 heavy (non-hydrogen) atoms. The number of alkyl carbamates (subject to hydrolysis) is 1. The van der Waals surface area contributed by atoms with E-state index in [2.05, 4.69) is 20.6 Å². The Labute approximate surface area is 200 Å². The molecule has 1 amide bonds. The number of aromatic nitrogens is 4. The van der Waals surface area contributed by atoms with Crippen molar-refractivity contribution < 1.29 is 18.7 Å². The zero-order valence-corrected chi connectivity index (χ0v) is 19.6. The standard InChI is InChI=1S/C24H23ClFN5O3/c1-14-21-15(2)31(30-22(21)23(25)29-28-14)16-7-6-8-17(13-16)34-20(11-12-33-24(32)27-3)18-9-4-5-10-19(18)26/h4-10,13,20H,11-12H2,1-3H3,(H,27,32). The number of benzene rings is 2. The number of halogens is 2. The van der Waals surface area contributed by atoms with E-state index in [9.17, 15) is 9.18 Å². The maximum Gasteiger partial charge on any atom is 0.406 e. The molecule has 1 atom stereocenters. The van der Waals surface area contributed by atoms with Crippen molar-refractivity contribution in [1.29, 1.82) is 0 Å². The van der Waals surface area contributed by atoms with Gasteiger partial charge in [0.1, 0.15) is 23.2 Å². The Morgan fingerprint density at radius 2 is 1.97 bits per heavy atom. The Morgan fingerprint density at radius 1 is 1.18 bits per heavy atom. The normalized spacial score (nSPS) is 11.9. The molecule has 0 fully saturated rings. The average molecular weight is 484 g/mol. The molecule has 1 N–H and O–H groups in total. The molecule has 176 valence electrons. The fraction of sp³-hybridized carbons (Fsp3) is 0.250. The number of ether oxygens (including phenoxy) is 2. The van der Waals surface area contributed by atoms with Gasteiger partial charge in [0.2, 0.25) is 0 Å². The minimum Gasteiger partial charge on any atom is -0.485 e. The van der Waals surface area contributed by atoms with Crippen LogP contribution in [0.5, 0.6) is 5.75 Å². The summed E-state index contributed by atoms with van der Waals surface area (Å²) in [6.45, 7) is 3.83. The van der Waals surface area contributed by atoms with E-state index in [-0.39, 0.29) is 18.2 Å². The van der Waals surface area contributed by atoms with E-state index in [0.29, 0.717) is 16.8 Å². The summed E-state index contributed by atoms with van der Waals surface area (Å²) < 4.78 is 27.6. The second-order valence-corrected chi connectivity index (χ2v) is 7.96. The molecule has 0 saturated carbocycles. The average Bonchev–Trinajstić information content (AvgIpc) is 3.19. The third-order valence-electron chi connectivity index (χ3n) is 5.37. The van der Waals surface area contributed by atoms with Crippen LogP contribution in [0.4, 0.5) is 9.18 Å². The largest absolute Gasteiger partial charge is 0.485 e. The predicted octanol–water partition coefficient (Wildman–Crippen LogP) is 5.09. The SMILES string of the molecule is CNC(=O)OCCC(Oc1cccc(-n2nc3c(Cl)nnc(C)c3c2C)c1)c1ccccc1F. The van der Waals surface area contributed by atoms with Gasteiger partial charge in [0.15, 0.2) is 5.15 Å². The topological polar surface area (TPSA) is 91.2 Å². The first-order valence-electron chi connectivity index (χ1n) is 10.6. The van der Waals surface area contributed by atoms with Gasteiger partial charge in [-0.25, -0.2) is 13.9 Å². The highest BCUT2D eigenvalue weighted by molar-refractivity contribution is 6.33. The van der Waals surface area contributed by atoms with Crippen molar-refractivity contribution >= 4 is 28.6 Å². The molecule has 0 radical (unpaired) electrons. The molecule has 2 aromatic carbocycles. The Balaban J connectivity index is 1.65. The summed E-state index contributed by atoms with van der Waals surface area (Å²) in [5.41, 5.74) is 3.25. The summed E-state index contributed by atoms with van der Waals surface area (Å²) in [5.74, 6) is 0.103. The molecule has 1 unspecified atom stereocenters. The monoisotopic (exact) mass is 483 g/mol. The van der Waals surface area contributed by atoms with Crippen LogP contribution in [0, 0.1) is 19.7 Å². The van der Waals surface area contributed by atoms with E-state index in [1.165, 1.54) is 13.1 Å². The Morgan fingerprint density at radius 3 is 2.71 bits per heavy atom. The Bertz CT molecular complexity index is 1340. The first-order valence-corrected chi connectivity index (χ1v) is 11.0. The lowest BCUT2D eigenvalue weighted by molar-refractivity contribution is 0.116. The molecule has 10 heteroatoms. The van der Waals surface area contributed by atoms with Crippen molar-refractivity contribution in [2.24, 2.45) is 0 Å². The minimum atomic E-state index is -0.677. The highest BCUT2D eigenvalue weighted by Crippen LogP contribution is 2.30. The number of rotatable bonds is 7. The summed E-state index contributed by atoms with van der Waals surface area (Å²) in [6.07, 6.45) is -0.979. The van der Waals surface area contributed by atoms with Crippen LogP contribution in [0.3, 0.4) is 0 Å².